The molecule has 540 valence electrons. The number of aliphatic imine (C=N–C) groups is 4. The highest BCUT2D eigenvalue weighted by Gasteiger charge is 2.25. The fourth-order valence-electron chi connectivity index (χ4n) is 13.1. The minimum absolute atomic E-state index is 0.166. The Labute approximate surface area is 624 Å². The average molecular weight is 1450 g/mol. The van der Waals surface area contributed by atoms with Gasteiger partial charge in [0.05, 0.1) is 82.5 Å². The molecule has 0 saturated carbocycles. The summed E-state index contributed by atoms with van der Waals surface area (Å²) in [5, 5.41) is 53.2. The summed E-state index contributed by atoms with van der Waals surface area (Å²) in [5.74, 6) is 5.85. The van der Waals surface area contributed by atoms with E-state index < -0.39 is 0 Å². The van der Waals surface area contributed by atoms with Gasteiger partial charge in [0.25, 0.3) is 0 Å². The van der Waals surface area contributed by atoms with Crippen LogP contribution in [0.5, 0.6) is 35.3 Å². The van der Waals surface area contributed by atoms with Crippen LogP contribution in [0.2, 0.25) is 0 Å². The summed E-state index contributed by atoms with van der Waals surface area (Å²) < 4.78 is 36.1. The summed E-state index contributed by atoms with van der Waals surface area (Å²) in [6, 6.07) is 52.3. The molecule has 29 nitrogen and oxygen atoms in total. The Morgan fingerprint density at radius 1 is 0.431 bits per heavy atom. The van der Waals surface area contributed by atoms with Gasteiger partial charge in [-0.25, -0.2) is 9.97 Å². The van der Waals surface area contributed by atoms with E-state index in [4.69, 9.17) is 28.9 Å². The second-order valence-corrected chi connectivity index (χ2v) is 25.7. The SMILES string of the molecule is CCOc1nn(C)c2cc(NC3=NCc4cccnc43)ccc12.Cn1nc(OCC2CCCCO2)c2ccc(NC3=NCc4cccnc43)cc21.Cn1nc(Oc2cccc(C#N)n2)c2ccc(NC3=NCc4cccnc43)cc21.Cn1nc(Oc2ncccc2C#N)c2ccc(NC3=NCc4cccnc43)cc21. The van der Waals surface area contributed by atoms with Crippen molar-refractivity contribution >= 4 is 89.7 Å². The number of benzene rings is 4. The van der Waals surface area contributed by atoms with Gasteiger partial charge in [0.2, 0.25) is 35.3 Å². The lowest BCUT2D eigenvalue weighted by molar-refractivity contribution is -0.0117. The van der Waals surface area contributed by atoms with Crippen molar-refractivity contribution in [2.45, 2.75) is 58.5 Å². The highest BCUT2D eigenvalue weighted by molar-refractivity contribution is 6.12. The second-order valence-electron chi connectivity index (χ2n) is 25.7. The normalized spacial score (nSPS) is 14.1. The summed E-state index contributed by atoms with van der Waals surface area (Å²) in [6.07, 6.45) is 12.3. The lowest BCUT2D eigenvalue weighted by Gasteiger charge is -2.22. The monoisotopic (exact) mass is 1450 g/mol. The van der Waals surface area contributed by atoms with Crippen LogP contribution in [-0.4, -0.2) is 118 Å². The first-order chi connectivity index (χ1) is 53.5. The fourth-order valence-corrected chi connectivity index (χ4v) is 13.1. The Hall–Kier alpha value is -14.3. The van der Waals surface area contributed by atoms with E-state index in [0.717, 1.165) is 154 Å². The number of ether oxygens (including phenoxy) is 5. The van der Waals surface area contributed by atoms with Crippen molar-refractivity contribution in [3.8, 4) is 47.4 Å². The molecular weight excluding hydrogens is 1380 g/mol. The molecular formula is C80H70N24O5. The van der Waals surface area contributed by atoms with Gasteiger partial charge in [-0.05, 0) is 141 Å². The maximum absolute atomic E-state index is 9.24. The molecule has 4 aromatic carbocycles. The van der Waals surface area contributed by atoms with Gasteiger partial charge in [0.1, 0.15) is 52.8 Å². The third kappa shape index (κ3) is 14.8. The zero-order valence-electron chi connectivity index (χ0n) is 60.0. The van der Waals surface area contributed by atoms with Crippen molar-refractivity contribution < 1.29 is 23.7 Å². The zero-order chi connectivity index (χ0) is 74.3. The first kappa shape index (κ1) is 69.1. The highest BCUT2D eigenvalue weighted by Crippen LogP contribution is 2.36. The molecule has 1 unspecified atom stereocenters. The van der Waals surface area contributed by atoms with E-state index in [1.807, 2.05) is 154 Å². The molecule has 5 aliphatic rings. The molecule has 15 heterocycles. The lowest BCUT2D eigenvalue weighted by Crippen LogP contribution is -2.25. The number of nitriles is 2. The lowest BCUT2D eigenvalue weighted by atomic mass is 10.1. The van der Waals surface area contributed by atoms with Gasteiger partial charge in [-0.3, -0.25) is 58.6 Å². The van der Waals surface area contributed by atoms with Crippen LogP contribution in [0.1, 0.15) is 82.5 Å². The predicted molar refractivity (Wildman–Crippen MR) is 414 cm³/mol. The Balaban J connectivity index is 0.000000111. The summed E-state index contributed by atoms with van der Waals surface area (Å²) >= 11 is 0. The summed E-state index contributed by atoms with van der Waals surface area (Å²) in [4.78, 5) is 44.2. The smallest absolute Gasteiger partial charge is 0.248 e. The van der Waals surface area contributed by atoms with Gasteiger partial charge in [-0.2, -0.15) is 10.5 Å². The molecule has 0 amide bonds. The van der Waals surface area contributed by atoms with Crippen molar-refractivity contribution in [1.82, 2.24) is 69.0 Å². The molecule has 109 heavy (non-hydrogen) atoms. The number of aromatic nitrogens is 14. The topological polar surface area (TPSA) is 340 Å². The fraction of sp³-hybridized carbons (Fsp3) is 0.200. The summed E-state index contributed by atoms with van der Waals surface area (Å²) in [5.41, 5.74) is 16.2. The highest BCUT2D eigenvalue weighted by atomic mass is 16.5. The van der Waals surface area contributed by atoms with Crippen molar-refractivity contribution in [1.29, 1.82) is 10.5 Å². The molecule has 1 atom stereocenters. The third-order valence-electron chi connectivity index (χ3n) is 18.5. The van der Waals surface area contributed by atoms with Gasteiger partial charge >= 0.3 is 0 Å². The number of rotatable bonds is 13. The first-order valence-electron chi connectivity index (χ1n) is 35.3. The standard InChI is InChI=1S/2C21H15N7O.C21H23N5O2.C17H17N5O/c1-28-17-10-14(26-20-19-13(12-24-20)4-3-9-23-19)7-8-16(17)21(27-28)29-18-6-2-5-15(11-22)25-18;1-28-17-10-15(26-19-18-14(12-25-19)5-3-8-23-18)6-7-16(17)21(27-28)29-20-13(11-22)4-2-9-24-20;1-26-18-11-15(24-20-19-14(12-23-20)5-4-9-22-19)7-8-17(18)21(25-26)28-13-16-6-2-3-10-27-16;1-3-23-17-13-7-6-12(9-14(13)22(2)21-17)20-16-15-11(10-19-16)5-4-8-18-15/h2-10H,12H2,1H3,(H,24,26);2-10H,12H2,1H3,(H,25,26);4-5,7-9,11,16H,2-3,6,10,12-13H2,1H3,(H,23,24);4-9H,3,10H2,1-2H3,(H,19,20). The van der Waals surface area contributed by atoms with Gasteiger partial charge < -0.3 is 45.0 Å². The number of anilines is 4. The van der Waals surface area contributed by atoms with Crippen molar-refractivity contribution in [2.24, 2.45) is 48.2 Å². The second kappa shape index (κ2) is 30.8. The van der Waals surface area contributed by atoms with E-state index in [0.29, 0.717) is 80.1 Å². The number of pyridine rings is 6. The number of nitrogens with one attached hydrogen (secondary N) is 4. The van der Waals surface area contributed by atoms with Crippen LogP contribution in [0, 0.1) is 22.7 Å². The number of nitrogens with zero attached hydrogens (tertiary/aromatic N) is 20. The Morgan fingerprint density at radius 3 is 1.25 bits per heavy atom. The van der Waals surface area contributed by atoms with E-state index in [9.17, 15) is 5.26 Å². The van der Waals surface area contributed by atoms with Crippen LogP contribution in [0.4, 0.5) is 22.7 Å². The summed E-state index contributed by atoms with van der Waals surface area (Å²) in [7, 11) is 7.53. The summed E-state index contributed by atoms with van der Waals surface area (Å²) in [6.45, 7) is 6.54. The molecule has 10 aromatic heterocycles. The van der Waals surface area contributed by atoms with Crippen LogP contribution in [0.25, 0.3) is 43.6 Å². The maximum Gasteiger partial charge on any atom is 0.248 e. The average Bonchev–Trinajstić information content (AvgIpc) is 1.66. The number of hydrogen-bond donors (Lipinski definition) is 4. The van der Waals surface area contributed by atoms with Gasteiger partial charge in [0, 0.05) is 117 Å². The molecule has 1 fully saturated rings. The van der Waals surface area contributed by atoms with Gasteiger partial charge in [-0.15, -0.1) is 20.4 Å². The van der Waals surface area contributed by atoms with Gasteiger partial charge in [-0.1, -0.05) is 30.3 Å². The molecule has 14 aromatic rings. The number of aryl methyl sites for hydroxylation is 4. The molecule has 0 radical (unpaired) electrons. The Kier molecular flexibility index (Phi) is 19.5. The molecule has 1 saturated heterocycles. The van der Waals surface area contributed by atoms with E-state index in [1.54, 1.807) is 70.7 Å². The molecule has 4 N–H and O–H groups in total. The van der Waals surface area contributed by atoms with E-state index >= 15 is 0 Å². The minimum atomic E-state index is 0.166. The van der Waals surface area contributed by atoms with Crippen LogP contribution >= 0.6 is 0 Å². The molecule has 0 aliphatic carbocycles. The molecule has 29 heteroatoms. The first-order valence-corrected chi connectivity index (χ1v) is 35.3. The maximum atomic E-state index is 9.24. The van der Waals surface area contributed by atoms with Crippen molar-refractivity contribution in [3.05, 3.63) is 239 Å². The third-order valence-corrected chi connectivity index (χ3v) is 18.5. The van der Waals surface area contributed by atoms with Crippen LogP contribution < -0.4 is 40.2 Å². The molecule has 0 bridgehead atoms. The zero-order valence-corrected chi connectivity index (χ0v) is 60.0. The van der Waals surface area contributed by atoms with Crippen LogP contribution in [-0.2, 0) is 59.1 Å². The largest absolute Gasteiger partial charge is 0.476 e. The number of hydrogen-bond acceptors (Lipinski definition) is 25. The predicted octanol–water partition coefficient (Wildman–Crippen LogP) is 12.8. The van der Waals surface area contributed by atoms with E-state index in [2.05, 4.69) is 116 Å². The Bertz CT molecular complexity index is 6030. The van der Waals surface area contributed by atoms with Crippen molar-refractivity contribution in [2.75, 3.05) is 41.1 Å². The number of amidine groups is 4. The molecule has 19 rings (SSSR count). The van der Waals surface area contributed by atoms with Gasteiger partial charge in [0.15, 0.2) is 23.3 Å². The Morgan fingerprint density at radius 2 is 0.835 bits per heavy atom. The molecule has 5 aliphatic heterocycles. The minimum Gasteiger partial charge on any atom is -0.476 e. The number of fused-ring (bicyclic) bond motifs is 8. The van der Waals surface area contributed by atoms with Crippen LogP contribution in [0.3, 0.4) is 0 Å². The quantitative estimate of drug-likeness (QED) is 0.0833. The molecule has 0 spiro atoms. The van der Waals surface area contributed by atoms with Crippen LogP contribution in [0.15, 0.2) is 203 Å². The van der Waals surface area contributed by atoms with E-state index in [-0.39, 0.29) is 12.0 Å². The van der Waals surface area contributed by atoms with E-state index in [1.165, 1.54) is 6.42 Å². The van der Waals surface area contributed by atoms with Crippen molar-refractivity contribution in [3.63, 3.8) is 0 Å².